The second-order valence-corrected chi connectivity index (χ2v) is 14.6. The summed E-state index contributed by atoms with van der Waals surface area (Å²) in [7, 11) is 0. The molecule has 11 rings (SSSR count). The van der Waals surface area contributed by atoms with Crippen LogP contribution in [0, 0.1) is 0 Å². The molecule has 56 heavy (non-hydrogen) atoms. The third-order valence-electron chi connectivity index (χ3n) is 11.3. The molecule has 1 heterocycles. The third kappa shape index (κ3) is 5.34. The van der Waals surface area contributed by atoms with Crippen LogP contribution in [-0.4, -0.2) is 4.57 Å². The smallest absolute Gasteiger partial charge is 0.0547 e. The van der Waals surface area contributed by atoms with Gasteiger partial charge in [0.25, 0.3) is 0 Å². The van der Waals surface area contributed by atoms with E-state index in [4.69, 9.17) is 0 Å². The molecular formula is C54H36N2. The molecule has 0 aliphatic carbocycles. The molecule has 10 aromatic carbocycles. The molecule has 0 amide bonds. The van der Waals surface area contributed by atoms with Crippen LogP contribution in [0.4, 0.5) is 17.1 Å². The van der Waals surface area contributed by atoms with Crippen molar-refractivity contribution in [3.05, 3.63) is 218 Å². The molecule has 2 nitrogen and oxygen atoms in total. The van der Waals surface area contributed by atoms with E-state index in [1.165, 1.54) is 71.2 Å². The molecule has 0 aliphatic rings. The van der Waals surface area contributed by atoms with E-state index in [9.17, 15) is 0 Å². The zero-order valence-electron chi connectivity index (χ0n) is 30.7. The van der Waals surface area contributed by atoms with Gasteiger partial charge in [-0.05, 0) is 104 Å². The number of benzene rings is 10. The van der Waals surface area contributed by atoms with Crippen molar-refractivity contribution in [2.75, 3.05) is 4.90 Å². The van der Waals surface area contributed by atoms with Crippen molar-refractivity contribution in [1.82, 2.24) is 4.57 Å². The summed E-state index contributed by atoms with van der Waals surface area (Å²) in [6.45, 7) is 0. The minimum absolute atomic E-state index is 1.10. The van der Waals surface area contributed by atoms with Gasteiger partial charge in [0.1, 0.15) is 0 Å². The van der Waals surface area contributed by atoms with Crippen LogP contribution in [0.2, 0.25) is 0 Å². The largest absolute Gasteiger partial charge is 0.310 e. The molecule has 0 bridgehead atoms. The van der Waals surface area contributed by atoms with Crippen molar-refractivity contribution in [3.63, 3.8) is 0 Å². The van der Waals surface area contributed by atoms with Crippen molar-refractivity contribution in [2.45, 2.75) is 0 Å². The van der Waals surface area contributed by atoms with Crippen molar-refractivity contribution in [2.24, 2.45) is 0 Å². The molecule has 0 unspecified atom stereocenters. The normalized spacial score (nSPS) is 11.6. The predicted octanol–water partition coefficient (Wildman–Crippen LogP) is 15.0. The van der Waals surface area contributed by atoms with Gasteiger partial charge in [0.05, 0.1) is 16.7 Å². The van der Waals surface area contributed by atoms with Gasteiger partial charge in [-0.3, -0.25) is 0 Å². The van der Waals surface area contributed by atoms with Crippen molar-refractivity contribution in [1.29, 1.82) is 0 Å². The third-order valence-corrected chi connectivity index (χ3v) is 11.3. The standard InChI is InChI=1S/C54H36N2/c1-2-11-37(12-3-1)38-25-27-39(28-26-38)40-31-33-46(34-32-40)55(50-22-8-14-41-13-4-5-21-49(41)50)47-19-6-17-44(35-47)45-18-7-20-48(36-45)56-51-23-9-15-42-29-30-43-16-10-24-52(56)54(43)53(42)51/h1-36H. The Morgan fingerprint density at radius 1 is 0.304 bits per heavy atom. The Kier molecular flexibility index (Phi) is 7.53. The highest BCUT2D eigenvalue weighted by atomic mass is 15.1. The minimum atomic E-state index is 1.10. The topological polar surface area (TPSA) is 8.17 Å². The maximum absolute atomic E-state index is 2.43. The van der Waals surface area contributed by atoms with Gasteiger partial charge in [-0.15, -0.1) is 0 Å². The number of rotatable bonds is 7. The van der Waals surface area contributed by atoms with Gasteiger partial charge >= 0.3 is 0 Å². The van der Waals surface area contributed by atoms with Gasteiger partial charge < -0.3 is 9.47 Å². The van der Waals surface area contributed by atoms with Gasteiger partial charge in [-0.1, -0.05) is 164 Å². The zero-order valence-corrected chi connectivity index (χ0v) is 30.7. The average molecular weight is 713 g/mol. The summed E-state index contributed by atoms with van der Waals surface area (Å²) in [5, 5.41) is 7.63. The lowest BCUT2D eigenvalue weighted by Gasteiger charge is -2.27. The Labute approximate surface area is 326 Å². The van der Waals surface area contributed by atoms with Crippen LogP contribution >= 0.6 is 0 Å². The van der Waals surface area contributed by atoms with E-state index in [-0.39, 0.29) is 0 Å². The fraction of sp³-hybridized carbons (Fsp3) is 0. The Morgan fingerprint density at radius 2 is 0.804 bits per heavy atom. The fourth-order valence-electron chi connectivity index (χ4n) is 8.67. The van der Waals surface area contributed by atoms with Crippen molar-refractivity contribution in [3.8, 4) is 39.1 Å². The Balaban J connectivity index is 1.01. The summed E-state index contributed by atoms with van der Waals surface area (Å²) in [6.07, 6.45) is 0. The zero-order chi connectivity index (χ0) is 37.0. The summed E-state index contributed by atoms with van der Waals surface area (Å²) >= 11 is 0. The monoisotopic (exact) mass is 712 g/mol. The van der Waals surface area contributed by atoms with E-state index in [2.05, 4.69) is 228 Å². The van der Waals surface area contributed by atoms with Crippen LogP contribution in [0.25, 0.3) is 82.4 Å². The summed E-state index contributed by atoms with van der Waals surface area (Å²) in [6, 6.07) is 79.4. The molecule has 11 aromatic rings. The number of aromatic nitrogens is 1. The molecule has 0 spiro atoms. The summed E-state index contributed by atoms with van der Waals surface area (Å²) < 4.78 is 2.43. The fourth-order valence-corrected chi connectivity index (χ4v) is 8.67. The minimum Gasteiger partial charge on any atom is -0.310 e. The summed E-state index contributed by atoms with van der Waals surface area (Å²) in [4.78, 5) is 2.40. The first kappa shape index (κ1) is 32.0. The SMILES string of the molecule is c1ccc(-c2ccc(-c3ccc(N(c4cccc(-c5cccc(-n6c7cccc8ccc9cccc6c9c87)c5)c4)c4cccc5ccccc45)cc3)cc2)cc1. The predicted molar refractivity (Wildman–Crippen MR) is 238 cm³/mol. The Hall–Kier alpha value is -7.42. The van der Waals surface area contributed by atoms with Crippen LogP contribution in [0.1, 0.15) is 0 Å². The van der Waals surface area contributed by atoms with Crippen LogP contribution in [-0.2, 0) is 0 Å². The van der Waals surface area contributed by atoms with Gasteiger partial charge in [0.2, 0.25) is 0 Å². The van der Waals surface area contributed by atoms with E-state index in [0.717, 1.165) is 28.3 Å². The highest BCUT2D eigenvalue weighted by Crippen LogP contribution is 2.42. The highest BCUT2D eigenvalue weighted by Gasteiger charge is 2.19. The van der Waals surface area contributed by atoms with Gasteiger partial charge in [-0.25, -0.2) is 0 Å². The maximum atomic E-state index is 2.43. The number of hydrogen-bond acceptors (Lipinski definition) is 1. The van der Waals surface area contributed by atoms with Gasteiger partial charge in [0.15, 0.2) is 0 Å². The van der Waals surface area contributed by atoms with Crippen molar-refractivity contribution >= 4 is 60.4 Å². The van der Waals surface area contributed by atoms with E-state index in [0.29, 0.717) is 0 Å². The molecule has 0 N–H and O–H groups in total. The molecule has 0 aliphatic heterocycles. The van der Waals surface area contributed by atoms with Crippen LogP contribution in [0.5, 0.6) is 0 Å². The number of hydrogen-bond donors (Lipinski definition) is 0. The van der Waals surface area contributed by atoms with E-state index in [1.54, 1.807) is 0 Å². The molecule has 1 aromatic heterocycles. The van der Waals surface area contributed by atoms with Crippen LogP contribution < -0.4 is 4.90 Å². The molecule has 0 radical (unpaired) electrons. The number of anilines is 3. The Bertz CT molecular complexity index is 3100. The first-order chi connectivity index (χ1) is 27.8. The maximum Gasteiger partial charge on any atom is 0.0547 e. The molecule has 262 valence electrons. The first-order valence-electron chi connectivity index (χ1n) is 19.3. The highest BCUT2D eigenvalue weighted by molar-refractivity contribution is 6.24. The molecule has 0 saturated heterocycles. The molecule has 2 heteroatoms. The van der Waals surface area contributed by atoms with Crippen molar-refractivity contribution < 1.29 is 0 Å². The van der Waals surface area contributed by atoms with E-state index >= 15 is 0 Å². The molecular weight excluding hydrogens is 677 g/mol. The molecule has 0 saturated carbocycles. The average Bonchev–Trinajstić information content (AvgIpc) is 3.62. The van der Waals surface area contributed by atoms with Crippen LogP contribution in [0.15, 0.2) is 218 Å². The van der Waals surface area contributed by atoms with Gasteiger partial charge in [0, 0.05) is 33.2 Å². The lowest BCUT2D eigenvalue weighted by molar-refractivity contribution is 1.18. The quantitative estimate of drug-likeness (QED) is 0.149. The Morgan fingerprint density at radius 3 is 1.50 bits per heavy atom. The number of fused-ring (bicyclic) bond motifs is 1. The second-order valence-electron chi connectivity index (χ2n) is 14.6. The summed E-state index contributed by atoms with van der Waals surface area (Å²) in [5.41, 5.74) is 14.1. The second kappa shape index (κ2) is 13.2. The lowest BCUT2D eigenvalue weighted by Crippen LogP contribution is -2.10. The van der Waals surface area contributed by atoms with E-state index in [1.807, 2.05) is 0 Å². The van der Waals surface area contributed by atoms with Crippen LogP contribution in [0.3, 0.4) is 0 Å². The van der Waals surface area contributed by atoms with E-state index < -0.39 is 0 Å². The lowest BCUT2D eigenvalue weighted by atomic mass is 9.99. The summed E-state index contributed by atoms with van der Waals surface area (Å²) in [5.74, 6) is 0. The molecule has 0 fully saturated rings. The van der Waals surface area contributed by atoms with Gasteiger partial charge in [-0.2, -0.15) is 0 Å². The molecule has 0 atom stereocenters. The first-order valence-corrected chi connectivity index (χ1v) is 19.3. The number of nitrogens with zero attached hydrogens (tertiary/aromatic N) is 2.